The van der Waals surface area contributed by atoms with Crippen LogP contribution in [0.2, 0.25) is 0 Å². The van der Waals surface area contributed by atoms with Gasteiger partial charge >= 0.3 is 0 Å². The molecule has 0 amide bonds. The smallest absolute Gasteiger partial charge is 0.0474 e. The third kappa shape index (κ3) is 3.44. The largest absolute Gasteiger partial charge is 0.329 e. The summed E-state index contributed by atoms with van der Waals surface area (Å²) in [5.74, 6) is 0. The standard InChI is InChI=1S/C16H22N2S/c1-3-13-7-4-5-9-15(13)16(11-17)18(2)12-14-8-6-10-19-14/h4-10,16H,3,11-12,17H2,1-2H3. The topological polar surface area (TPSA) is 29.3 Å². The maximum atomic E-state index is 6.02. The van der Waals surface area contributed by atoms with E-state index in [0.717, 1.165) is 13.0 Å². The second-order valence-corrected chi connectivity index (χ2v) is 5.83. The van der Waals surface area contributed by atoms with Crippen molar-refractivity contribution in [1.82, 2.24) is 4.90 Å². The predicted molar refractivity (Wildman–Crippen MR) is 83.4 cm³/mol. The van der Waals surface area contributed by atoms with E-state index in [4.69, 9.17) is 5.73 Å². The maximum absolute atomic E-state index is 6.02. The van der Waals surface area contributed by atoms with Crippen LogP contribution in [-0.4, -0.2) is 18.5 Å². The summed E-state index contributed by atoms with van der Waals surface area (Å²) >= 11 is 1.80. The van der Waals surface area contributed by atoms with Gasteiger partial charge in [-0.15, -0.1) is 11.3 Å². The summed E-state index contributed by atoms with van der Waals surface area (Å²) in [5.41, 5.74) is 8.79. The molecule has 19 heavy (non-hydrogen) atoms. The Bertz CT molecular complexity index is 493. The number of rotatable bonds is 6. The van der Waals surface area contributed by atoms with Crippen molar-refractivity contribution in [2.75, 3.05) is 13.6 Å². The number of likely N-dealkylation sites (N-methyl/N-ethyl adjacent to an activating group) is 1. The molecule has 2 N–H and O–H groups in total. The lowest BCUT2D eigenvalue weighted by Crippen LogP contribution is -2.30. The summed E-state index contributed by atoms with van der Waals surface area (Å²) in [7, 11) is 2.16. The van der Waals surface area contributed by atoms with Gasteiger partial charge in [-0.05, 0) is 36.0 Å². The van der Waals surface area contributed by atoms with Crippen LogP contribution in [0.5, 0.6) is 0 Å². The predicted octanol–water partition coefficient (Wildman–Crippen LogP) is 3.44. The van der Waals surface area contributed by atoms with Gasteiger partial charge in [-0.3, -0.25) is 4.90 Å². The van der Waals surface area contributed by atoms with Crippen LogP contribution in [0.3, 0.4) is 0 Å². The molecule has 0 fully saturated rings. The van der Waals surface area contributed by atoms with Crippen molar-refractivity contribution >= 4 is 11.3 Å². The molecule has 1 aromatic carbocycles. The van der Waals surface area contributed by atoms with E-state index in [9.17, 15) is 0 Å². The van der Waals surface area contributed by atoms with E-state index in [1.807, 2.05) is 0 Å². The monoisotopic (exact) mass is 274 g/mol. The zero-order valence-electron chi connectivity index (χ0n) is 11.7. The van der Waals surface area contributed by atoms with Crippen molar-refractivity contribution in [1.29, 1.82) is 0 Å². The lowest BCUT2D eigenvalue weighted by Gasteiger charge is -2.28. The lowest BCUT2D eigenvalue weighted by molar-refractivity contribution is 0.243. The molecule has 3 heteroatoms. The second-order valence-electron chi connectivity index (χ2n) is 4.80. The number of nitrogens with two attached hydrogens (primary N) is 1. The van der Waals surface area contributed by atoms with E-state index >= 15 is 0 Å². The first-order valence-corrected chi connectivity index (χ1v) is 7.64. The van der Waals surface area contributed by atoms with Crippen LogP contribution in [0.4, 0.5) is 0 Å². The number of hydrogen-bond donors (Lipinski definition) is 1. The first-order valence-electron chi connectivity index (χ1n) is 6.76. The van der Waals surface area contributed by atoms with Crippen molar-refractivity contribution in [2.24, 2.45) is 5.73 Å². The van der Waals surface area contributed by atoms with Crippen LogP contribution in [-0.2, 0) is 13.0 Å². The van der Waals surface area contributed by atoms with E-state index in [-0.39, 0.29) is 0 Å². The Morgan fingerprint density at radius 2 is 2.00 bits per heavy atom. The molecule has 2 nitrogen and oxygen atoms in total. The summed E-state index contributed by atoms with van der Waals surface area (Å²) in [5, 5.41) is 2.13. The van der Waals surface area contributed by atoms with Crippen LogP contribution >= 0.6 is 11.3 Å². The molecule has 0 aliphatic rings. The Balaban J connectivity index is 2.18. The molecule has 1 atom stereocenters. The maximum Gasteiger partial charge on any atom is 0.0474 e. The van der Waals surface area contributed by atoms with E-state index < -0.39 is 0 Å². The minimum Gasteiger partial charge on any atom is -0.329 e. The molecule has 0 spiro atoms. The fourth-order valence-electron chi connectivity index (χ4n) is 2.48. The molecule has 0 radical (unpaired) electrons. The first-order chi connectivity index (χ1) is 9.26. The third-order valence-corrected chi connectivity index (χ3v) is 4.40. The zero-order chi connectivity index (χ0) is 13.7. The average Bonchev–Trinajstić information content (AvgIpc) is 2.93. The van der Waals surface area contributed by atoms with Gasteiger partial charge in [-0.1, -0.05) is 37.3 Å². The van der Waals surface area contributed by atoms with Crippen molar-refractivity contribution in [3.8, 4) is 0 Å². The molecule has 0 saturated carbocycles. The first kappa shape index (κ1) is 14.3. The van der Waals surface area contributed by atoms with Crippen molar-refractivity contribution in [2.45, 2.75) is 25.9 Å². The SMILES string of the molecule is CCc1ccccc1C(CN)N(C)Cc1cccs1. The van der Waals surface area contributed by atoms with Gasteiger partial charge < -0.3 is 5.73 Å². The summed E-state index contributed by atoms with van der Waals surface area (Å²) in [6.07, 6.45) is 1.06. The number of thiophene rings is 1. The molecule has 1 aromatic heterocycles. The Morgan fingerprint density at radius 1 is 1.21 bits per heavy atom. The van der Waals surface area contributed by atoms with Gasteiger partial charge in [0.2, 0.25) is 0 Å². The highest BCUT2D eigenvalue weighted by atomic mass is 32.1. The molecule has 0 bridgehead atoms. The molecular weight excluding hydrogens is 252 g/mol. The summed E-state index contributed by atoms with van der Waals surface area (Å²) in [6, 6.07) is 13.2. The Labute approximate surface area is 119 Å². The molecule has 102 valence electrons. The molecule has 1 unspecified atom stereocenters. The van der Waals surface area contributed by atoms with Gasteiger partial charge in [0.05, 0.1) is 0 Å². The van der Waals surface area contributed by atoms with Crippen molar-refractivity contribution in [3.63, 3.8) is 0 Å². The second kappa shape index (κ2) is 6.85. The molecule has 2 rings (SSSR count). The summed E-state index contributed by atoms with van der Waals surface area (Å²) < 4.78 is 0. The van der Waals surface area contributed by atoms with Gasteiger partial charge in [0, 0.05) is 24.0 Å². The van der Waals surface area contributed by atoms with E-state index in [1.54, 1.807) is 11.3 Å². The molecule has 2 aromatic rings. The van der Waals surface area contributed by atoms with Crippen LogP contribution in [0, 0.1) is 0 Å². The van der Waals surface area contributed by atoms with E-state index in [1.165, 1.54) is 16.0 Å². The molecule has 0 aliphatic heterocycles. The van der Waals surface area contributed by atoms with Gasteiger partial charge in [-0.25, -0.2) is 0 Å². The minimum atomic E-state index is 0.290. The third-order valence-electron chi connectivity index (χ3n) is 3.54. The minimum absolute atomic E-state index is 0.290. The molecular formula is C16H22N2S. The summed E-state index contributed by atoms with van der Waals surface area (Å²) in [6.45, 7) is 3.81. The zero-order valence-corrected chi connectivity index (χ0v) is 12.5. The van der Waals surface area contributed by atoms with Crippen LogP contribution in [0.1, 0.15) is 29.0 Å². The fraction of sp³-hybridized carbons (Fsp3) is 0.375. The van der Waals surface area contributed by atoms with Gasteiger partial charge in [0.1, 0.15) is 0 Å². The van der Waals surface area contributed by atoms with E-state index in [0.29, 0.717) is 12.6 Å². The number of nitrogens with zero attached hydrogens (tertiary/aromatic N) is 1. The number of benzene rings is 1. The van der Waals surface area contributed by atoms with Crippen molar-refractivity contribution in [3.05, 3.63) is 57.8 Å². The molecule has 1 heterocycles. The van der Waals surface area contributed by atoms with Crippen LogP contribution < -0.4 is 5.73 Å². The molecule has 0 saturated heterocycles. The quantitative estimate of drug-likeness (QED) is 0.874. The van der Waals surface area contributed by atoms with Gasteiger partial charge in [0.25, 0.3) is 0 Å². The normalized spacial score (nSPS) is 12.8. The highest BCUT2D eigenvalue weighted by Crippen LogP contribution is 2.25. The van der Waals surface area contributed by atoms with Crippen molar-refractivity contribution < 1.29 is 0 Å². The Hall–Kier alpha value is -1.16. The Kier molecular flexibility index (Phi) is 5.14. The lowest BCUT2D eigenvalue weighted by atomic mass is 9.97. The average molecular weight is 274 g/mol. The highest BCUT2D eigenvalue weighted by molar-refractivity contribution is 7.09. The fourth-order valence-corrected chi connectivity index (χ4v) is 3.25. The number of hydrogen-bond acceptors (Lipinski definition) is 3. The van der Waals surface area contributed by atoms with E-state index in [2.05, 4.69) is 60.6 Å². The summed E-state index contributed by atoms with van der Waals surface area (Å²) in [4.78, 5) is 3.73. The van der Waals surface area contributed by atoms with Crippen LogP contribution in [0.25, 0.3) is 0 Å². The van der Waals surface area contributed by atoms with Gasteiger partial charge in [-0.2, -0.15) is 0 Å². The van der Waals surface area contributed by atoms with Gasteiger partial charge in [0.15, 0.2) is 0 Å². The Morgan fingerprint density at radius 3 is 2.63 bits per heavy atom. The molecule has 0 aliphatic carbocycles. The number of aryl methyl sites for hydroxylation is 1. The van der Waals surface area contributed by atoms with Crippen LogP contribution in [0.15, 0.2) is 41.8 Å². The highest BCUT2D eigenvalue weighted by Gasteiger charge is 2.18.